The van der Waals surface area contributed by atoms with Crippen LogP contribution in [0.5, 0.6) is 0 Å². The lowest BCUT2D eigenvalue weighted by atomic mass is 9.52. The summed E-state index contributed by atoms with van der Waals surface area (Å²) in [6.07, 6.45) is 17.2. The Morgan fingerprint density at radius 2 is 1.72 bits per heavy atom. The van der Waals surface area contributed by atoms with E-state index in [9.17, 15) is 9.90 Å². The van der Waals surface area contributed by atoms with Crippen LogP contribution in [0.2, 0.25) is 0 Å². The standard InChI is InChI=1S/C23H40O2/c1-3-4-6-9-17-12-13-19-20(15-17)16(2)14-21(23(24)25)22(19)18-10-7-5-8-11-18/h16-22H,3-15H2,1-2H3,(H,24,25). The van der Waals surface area contributed by atoms with Gasteiger partial charge in [0, 0.05) is 0 Å². The molecular formula is C23H40O2. The van der Waals surface area contributed by atoms with E-state index in [4.69, 9.17) is 0 Å². The van der Waals surface area contributed by atoms with Gasteiger partial charge in [0.15, 0.2) is 0 Å². The van der Waals surface area contributed by atoms with E-state index in [0.717, 1.165) is 18.3 Å². The van der Waals surface area contributed by atoms with E-state index in [1.807, 2.05) is 0 Å². The maximum atomic E-state index is 12.1. The van der Waals surface area contributed by atoms with E-state index in [2.05, 4.69) is 13.8 Å². The van der Waals surface area contributed by atoms with Crippen molar-refractivity contribution in [3.05, 3.63) is 0 Å². The second-order valence-electron chi connectivity index (χ2n) is 9.64. The SMILES string of the molecule is CCCCCC1CCC2C(C1)C(C)CC(C(=O)O)C2C1CCCCC1. The molecular weight excluding hydrogens is 308 g/mol. The highest BCUT2D eigenvalue weighted by molar-refractivity contribution is 5.70. The molecule has 0 amide bonds. The van der Waals surface area contributed by atoms with Crippen LogP contribution in [-0.2, 0) is 4.79 Å². The predicted molar refractivity (Wildman–Crippen MR) is 103 cm³/mol. The molecule has 0 aromatic carbocycles. The minimum atomic E-state index is -0.494. The minimum absolute atomic E-state index is 0.0593. The number of rotatable bonds is 6. The van der Waals surface area contributed by atoms with Crippen molar-refractivity contribution < 1.29 is 9.90 Å². The average molecular weight is 349 g/mol. The molecule has 3 aliphatic rings. The molecule has 0 bridgehead atoms. The molecule has 0 heterocycles. The van der Waals surface area contributed by atoms with Gasteiger partial charge >= 0.3 is 5.97 Å². The number of aliphatic carboxylic acids is 1. The van der Waals surface area contributed by atoms with Gasteiger partial charge in [-0.2, -0.15) is 0 Å². The van der Waals surface area contributed by atoms with Gasteiger partial charge in [-0.1, -0.05) is 78.1 Å². The van der Waals surface area contributed by atoms with Gasteiger partial charge in [0.05, 0.1) is 5.92 Å². The third-order valence-corrected chi connectivity index (χ3v) is 8.11. The van der Waals surface area contributed by atoms with Gasteiger partial charge in [0.25, 0.3) is 0 Å². The highest BCUT2D eigenvalue weighted by Gasteiger charge is 2.50. The molecule has 3 saturated carbocycles. The molecule has 6 unspecified atom stereocenters. The lowest BCUT2D eigenvalue weighted by Crippen LogP contribution is -2.48. The number of hydrogen-bond acceptors (Lipinski definition) is 1. The van der Waals surface area contributed by atoms with E-state index in [0.29, 0.717) is 23.7 Å². The summed E-state index contributed by atoms with van der Waals surface area (Å²) in [7, 11) is 0. The van der Waals surface area contributed by atoms with E-state index in [-0.39, 0.29) is 5.92 Å². The Bertz CT molecular complexity index is 426. The summed E-state index contributed by atoms with van der Waals surface area (Å²) < 4.78 is 0. The molecule has 0 spiro atoms. The average Bonchev–Trinajstić information content (AvgIpc) is 2.62. The Morgan fingerprint density at radius 3 is 2.40 bits per heavy atom. The van der Waals surface area contributed by atoms with Crippen molar-refractivity contribution in [1.82, 2.24) is 0 Å². The van der Waals surface area contributed by atoms with Crippen molar-refractivity contribution in [1.29, 1.82) is 0 Å². The molecule has 1 N–H and O–H groups in total. The van der Waals surface area contributed by atoms with Crippen LogP contribution in [0.25, 0.3) is 0 Å². The Balaban J connectivity index is 1.71. The quantitative estimate of drug-likeness (QED) is 0.554. The van der Waals surface area contributed by atoms with Crippen LogP contribution >= 0.6 is 0 Å². The van der Waals surface area contributed by atoms with Crippen molar-refractivity contribution in [3.8, 4) is 0 Å². The summed E-state index contributed by atoms with van der Waals surface area (Å²) in [6, 6.07) is 0. The monoisotopic (exact) mass is 348 g/mol. The number of fused-ring (bicyclic) bond motifs is 1. The molecule has 6 atom stereocenters. The zero-order valence-electron chi connectivity index (χ0n) is 16.6. The molecule has 3 aliphatic carbocycles. The number of carboxylic acids is 1. The lowest BCUT2D eigenvalue weighted by Gasteiger charge is -2.52. The van der Waals surface area contributed by atoms with Crippen molar-refractivity contribution in [3.63, 3.8) is 0 Å². The van der Waals surface area contributed by atoms with Gasteiger partial charge in [0.1, 0.15) is 0 Å². The Morgan fingerprint density at radius 1 is 0.960 bits per heavy atom. The first-order valence-corrected chi connectivity index (χ1v) is 11.3. The van der Waals surface area contributed by atoms with E-state index in [1.165, 1.54) is 77.0 Å². The summed E-state index contributed by atoms with van der Waals surface area (Å²) >= 11 is 0. The molecule has 3 fully saturated rings. The maximum Gasteiger partial charge on any atom is 0.306 e. The fraction of sp³-hybridized carbons (Fsp3) is 0.957. The van der Waals surface area contributed by atoms with E-state index in [1.54, 1.807) is 0 Å². The van der Waals surface area contributed by atoms with Gasteiger partial charge in [-0.05, 0) is 54.8 Å². The molecule has 3 rings (SSSR count). The van der Waals surface area contributed by atoms with Crippen LogP contribution in [-0.4, -0.2) is 11.1 Å². The van der Waals surface area contributed by atoms with Gasteiger partial charge in [-0.25, -0.2) is 0 Å². The van der Waals surface area contributed by atoms with Crippen molar-refractivity contribution in [2.45, 2.75) is 97.3 Å². The molecule has 25 heavy (non-hydrogen) atoms. The maximum absolute atomic E-state index is 12.1. The zero-order valence-corrected chi connectivity index (χ0v) is 16.6. The second-order valence-corrected chi connectivity index (χ2v) is 9.64. The van der Waals surface area contributed by atoms with Crippen LogP contribution in [0, 0.1) is 41.4 Å². The molecule has 0 aromatic heterocycles. The first-order chi connectivity index (χ1) is 12.1. The van der Waals surface area contributed by atoms with Crippen LogP contribution in [0.15, 0.2) is 0 Å². The van der Waals surface area contributed by atoms with Crippen molar-refractivity contribution >= 4 is 5.97 Å². The van der Waals surface area contributed by atoms with Gasteiger partial charge < -0.3 is 5.11 Å². The summed E-state index contributed by atoms with van der Waals surface area (Å²) in [5.41, 5.74) is 0. The molecule has 2 heteroatoms. The zero-order chi connectivity index (χ0) is 17.8. The summed E-state index contributed by atoms with van der Waals surface area (Å²) in [4.78, 5) is 12.1. The lowest BCUT2D eigenvalue weighted by molar-refractivity contribution is -0.152. The molecule has 0 saturated heterocycles. The largest absolute Gasteiger partial charge is 0.481 e. The van der Waals surface area contributed by atoms with Crippen LogP contribution in [0.1, 0.15) is 97.3 Å². The molecule has 144 valence electrons. The molecule has 2 nitrogen and oxygen atoms in total. The summed E-state index contributed by atoms with van der Waals surface area (Å²) in [6.45, 7) is 4.65. The fourth-order valence-corrected chi connectivity index (χ4v) is 6.89. The first kappa shape index (κ1) is 19.2. The Labute approximate surface area is 155 Å². The predicted octanol–water partition coefficient (Wildman–Crippen LogP) is 6.54. The molecule has 0 aliphatic heterocycles. The van der Waals surface area contributed by atoms with E-state index >= 15 is 0 Å². The smallest absolute Gasteiger partial charge is 0.306 e. The van der Waals surface area contributed by atoms with Gasteiger partial charge in [-0.3, -0.25) is 4.79 Å². The van der Waals surface area contributed by atoms with Crippen molar-refractivity contribution in [2.24, 2.45) is 41.4 Å². The molecule has 0 radical (unpaired) electrons. The number of unbranched alkanes of at least 4 members (excludes halogenated alkanes) is 2. The third kappa shape index (κ3) is 4.42. The normalized spacial score (nSPS) is 39.8. The fourth-order valence-electron chi connectivity index (χ4n) is 6.89. The van der Waals surface area contributed by atoms with Crippen LogP contribution in [0.4, 0.5) is 0 Å². The Kier molecular flexibility index (Phi) is 6.86. The topological polar surface area (TPSA) is 37.3 Å². The van der Waals surface area contributed by atoms with Crippen LogP contribution < -0.4 is 0 Å². The number of hydrogen-bond donors (Lipinski definition) is 1. The van der Waals surface area contributed by atoms with E-state index < -0.39 is 5.97 Å². The highest BCUT2D eigenvalue weighted by atomic mass is 16.4. The first-order valence-electron chi connectivity index (χ1n) is 11.3. The number of carboxylic acid groups (broad SMARTS) is 1. The molecule has 0 aromatic rings. The summed E-state index contributed by atoms with van der Waals surface area (Å²) in [5.74, 6) is 3.67. The van der Waals surface area contributed by atoms with Gasteiger partial charge in [-0.15, -0.1) is 0 Å². The van der Waals surface area contributed by atoms with Gasteiger partial charge in [0.2, 0.25) is 0 Å². The van der Waals surface area contributed by atoms with Crippen molar-refractivity contribution in [2.75, 3.05) is 0 Å². The van der Waals surface area contributed by atoms with Crippen LogP contribution in [0.3, 0.4) is 0 Å². The number of carbonyl (C=O) groups is 1. The second kappa shape index (κ2) is 8.91. The summed E-state index contributed by atoms with van der Waals surface area (Å²) in [5, 5.41) is 9.94. The Hall–Kier alpha value is -0.530. The highest BCUT2D eigenvalue weighted by Crippen LogP contribution is 2.55. The third-order valence-electron chi connectivity index (χ3n) is 8.11. The minimum Gasteiger partial charge on any atom is -0.481 e.